The highest BCUT2D eigenvalue weighted by molar-refractivity contribution is 6.32. The fourth-order valence-corrected chi connectivity index (χ4v) is 1.68. The fraction of sp³-hybridized carbons (Fsp3) is 0.333. The quantitative estimate of drug-likeness (QED) is 0.749. The molecule has 0 saturated carbocycles. The van der Waals surface area contributed by atoms with Crippen LogP contribution in [0.3, 0.4) is 0 Å². The number of phenolic OH excluding ortho intramolecular Hbond substituents is 1. The van der Waals surface area contributed by atoms with Crippen molar-refractivity contribution in [3.8, 4) is 5.75 Å². The van der Waals surface area contributed by atoms with Crippen molar-refractivity contribution in [3.05, 3.63) is 41.4 Å². The summed E-state index contributed by atoms with van der Waals surface area (Å²) in [4.78, 5) is 1.97. The van der Waals surface area contributed by atoms with Crippen molar-refractivity contribution in [2.45, 2.75) is 6.54 Å². The van der Waals surface area contributed by atoms with Crippen molar-refractivity contribution in [1.82, 2.24) is 4.90 Å². The molecule has 0 bridgehead atoms. The van der Waals surface area contributed by atoms with Crippen LogP contribution in [0.2, 0.25) is 5.02 Å². The predicted octanol–water partition coefficient (Wildman–Crippen LogP) is 2.03. The molecular formula is C12H16ClNO2. The Kier molecular flexibility index (Phi) is 5.32. The predicted molar refractivity (Wildman–Crippen MR) is 65.7 cm³/mol. The fourth-order valence-electron chi connectivity index (χ4n) is 1.49. The van der Waals surface area contributed by atoms with Crippen LogP contribution in [0, 0.1) is 0 Å². The lowest BCUT2D eigenvalue weighted by Gasteiger charge is -2.20. The van der Waals surface area contributed by atoms with Crippen LogP contribution in [0.4, 0.5) is 0 Å². The smallest absolute Gasteiger partial charge is 0.138 e. The monoisotopic (exact) mass is 241 g/mol. The number of aromatic hydroxyl groups is 1. The van der Waals surface area contributed by atoms with Crippen LogP contribution in [-0.4, -0.2) is 34.8 Å². The lowest BCUT2D eigenvalue weighted by atomic mass is 10.2. The van der Waals surface area contributed by atoms with E-state index in [1.807, 2.05) is 11.0 Å². The molecule has 0 unspecified atom stereocenters. The SMILES string of the molecule is C=CCN(CCO)Cc1cccc(Cl)c1O. The Morgan fingerprint density at radius 2 is 2.19 bits per heavy atom. The van der Waals surface area contributed by atoms with Crippen LogP contribution in [-0.2, 0) is 6.54 Å². The van der Waals surface area contributed by atoms with E-state index in [-0.39, 0.29) is 12.4 Å². The minimum Gasteiger partial charge on any atom is -0.506 e. The lowest BCUT2D eigenvalue weighted by molar-refractivity contribution is 0.202. The third kappa shape index (κ3) is 3.52. The first-order chi connectivity index (χ1) is 7.69. The maximum Gasteiger partial charge on any atom is 0.138 e. The summed E-state index contributed by atoms with van der Waals surface area (Å²) in [5.41, 5.74) is 0.753. The lowest BCUT2D eigenvalue weighted by Crippen LogP contribution is -2.26. The molecule has 0 aliphatic heterocycles. The van der Waals surface area contributed by atoms with Gasteiger partial charge in [0.25, 0.3) is 0 Å². The second kappa shape index (κ2) is 6.53. The van der Waals surface area contributed by atoms with Gasteiger partial charge in [-0.1, -0.05) is 29.8 Å². The molecule has 1 rings (SSSR count). The van der Waals surface area contributed by atoms with Crippen molar-refractivity contribution in [2.24, 2.45) is 0 Å². The van der Waals surface area contributed by atoms with Gasteiger partial charge in [0.2, 0.25) is 0 Å². The standard InChI is InChI=1S/C12H16ClNO2/c1-2-6-14(7-8-15)9-10-4-3-5-11(13)12(10)16/h2-5,15-16H,1,6-9H2. The van der Waals surface area contributed by atoms with E-state index in [9.17, 15) is 5.11 Å². The van der Waals surface area contributed by atoms with Gasteiger partial charge in [-0.05, 0) is 6.07 Å². The van der Waals surface area contributed by atoms with Gasteiger partial charge in [0.15, 0.2) is 0 Å². The molecule has 0 aliphatic carbocycles. The number of aliphatic hydroxyl groups excluding tert-OH is 1. The van der Waals surface area contributed by atoms with E-state index in [1.54, 1.807) is 18.2 Å². The van der Waals surface area contributed by atoms with E-state index < -0.39 is 0 Å². The second-order valence-corrected chi connectivity index (χ2v) is 3.90. The first-order valence-electron chi connectivity index (χ1n) is 5.09. The molecule has 3 nitrogen and oxygen atoms in total. The van der Waals surface area contributed by atoms with E-state index in [1.165, 1.54) is 0 Å². The number of halogens is 1. The van der Waals surface area contributed by atoms with Gasteiger partial charge in [-0.25, -0.2) is 0 Å². The Balaban J connectivity index is 2.76. The Bertz CT molecular complexity index is 355. The minimum atomic E-state index is 0.0785. The second-order valence-electron chi connectivity index (χ2n) is 3.49. The van der Waals surface area contributed by atoms with Crippen LogP contribution >= 0.6 is 11.6 Å². The van der Waals surface area contributed by atoms with Gasteiger partial charge in [0.1, 0.15) is 5.75 Å². The molecule has 0 heterocycles. The van der Waals surface area contributed by atoms with Crippen LogP contribution in [0.25, 0.3) is 0 Å². The van der Waals surface area contributed by atoms with Crippen molar-refractivity contribution in [2.75, 3.05) is 19.7 Å². The van der Waals surface area contributed by atoms with Gasteiger partial charge in [-0.3, -0.25) is 4.90 Å². The molecule has 88 valence electrons. The highest BCUT2D eigenvalue weighted by atomic mass is 35.5. The molecule has 0 atom stereocenters. The average Bonchev–Trinajstić information content (AvgIpc) is 2.25. The van der Waals surface area contributed by atoms with Gasteiger partial charge in [0.05, 0.1) is 11.6 Å². The molecule has 0 aliphatic rings. The third-order valence-electron chi connectivity index (χ3n) is 2.27. The number of phenols is 1. The van der Waals surface area contributed by atoms with E-state index in [0.717, 1.165) is 5.56 Å². The summed E-state index contributed by atoms with van der Waals surface area (Å²) in [7, 11) is 0. The first-order valence-corrected chi connectivity index (χ1v) is 5.47. The van der Waals surface area contributed by atoms with E-state index in [2.05, 4.69) is 6.58 Å². The van der Waals surface area contributed by atoms with Crippen LogP contribution in [0.1, 0.15) is 5.56 Å². The number of aliphatic hydroxyl groups is 1. The number of hydrogen-bond donors (Lipinski definition) is 2. The summed E-state index contributed by atoms with van der Waals surface area (Å²) in [6.07, 6.45) is 1.76. The average molecular weight is 242 g/mol. The van der Waals surface area contributed by atoms with E-state index in [0.29, 0.717) is 24.7 Å². The molecule has 0 amide bonds. The van der Waals surface area contributed by atoms with Crippen molar-refractivity contribution < 1.29 is 10.2 Å². The Hall–Kier alpha value is -1.03. The molecule has 0 radical (unpaired) electrons. The van der Waals surface area contributed by atoms with Gasteiger partial charge < -0.3 is 10.2 Å². The van der Waals surface area contributed by atoms with Crippen LogP contribution in [0.5, 0.6) is 5.75 Å². The maximum atomic E-state index is 9.74. The Labute approximate surface area is 101 Å². The molecule has 16 heavy (non-hydrogen) atoms. The molecule has 0 fully saturated rings. The third-order valence-corrected chi connectivity index (χ3v) is 2.57. The molecule has 0 aromatic heterocycles. The molecule has 0 saturated heterocycles. The largest absolute Gasteiger partial charge is 0.506 e. The van der Waals surface area contributed by atoms with Crippen molar-refractivity contribution in [1.29, 1.82) is 0 Å². The molecule has 1 aromatic rings. The van der Waals surface area contributed by atoms with Crippen molar-refractivity contribution >= 4 is 11.6 Å². The molecule has 1 aromatic carbocycles. The zero-order valence-corrected chi connectivity index (χ0v) is 9.82. The summed E-state index contributed by atoms with van der Waals surface area (Å²) >= 11 is 5.81. The number of nitrogens with zero attached hydrogens (tertiary/aromatic N) is 1. The van der Waals surface area contributed by atoms with Crippen LogP contribution < -0.4 is 0 Å². The molecule has 4 heteroatoms. The van der Waals surface area contributed by atoms with Crippen molar-refractivity contribution in [3.63, 3.8) is 0 Å². The summed E-state index contributed by atoms with van der Waals surface area (Å²) in [6.45, 7) is 5.47. The van der Waals surface area contributed by atoms with Crippen LogP contribution in [0.15, 0.2) is 30.9 Å². The number of hydrogen-bond acceptors (Lipinski definition) is 3. The summed E-state index contributed by atoms with van der Waals surface area (Å²) in [5.74, 6) is 0.108. The number of benzene rings is 1. The normalized spacial score (nSPS) is 10.7. The summed E-state index contributed by atoms with van der Waals surface area (Å²) in [6, 6.07) is 5.25. The number of para-hydroxylation sites is 1. The van der Waals surface area contributed by atoms with Gasteiger partial charge in [-0.2, -0.15) is 0 Å². The molecule has 0 spiro atoms. The highest BCUT2D eigenvalue weighted by Crippen LogP contribution is 2.27. The van der Waals surface area contributed by atoms with Gasteiger partial charge in [-0.15, -0.1) is 6.58 Å². The maximum absolute atomic E-state index is 9.74. The minimum absolute atomic E-state index is 0.0785. The first kappa shape index (κ1) is 13.0. The summed E-state index contributed by atoms with van der Waals surface area (Å²) in [5, 5.41) is 19.0. The Morgan fingerprint density at radius 3 is 2.81 bits per heavy atom. The zero-order valence-electron chi connectivity index (χ0n) is 9.06. The molecule has 2 N–H and O–H groups in total. The Morgan fingerprint density at radius 1 is 1.44 bits per heavy atom. The molecular weight excluding hydrogens is 226 g/mol. The van der Waals surface area contributed by atoms with E-state index in [4.69, 9.17) is 16.7 Å². The highest BCUT2D eigenvalue weighted by Gasteiger charge is 2.09. The number of rotatable bonds is 6. The zero-order chi connectivity index (χ0) is 12.0. The summed E-state index contributed by atoms with van der Waals surface area (Å²) < 4.78 is 0. The van der Waals surface area contributed by atoms with E-state index >= 15 is 0 Å². The topological polar surface area (TPSA) is 43.7 Å². The van der Waals surface area contributed by atoms with Gasteiger partial charge >= 0.3 is 0 Å². The van der Waals surface area contributed by atoms with Gasteiger partial charge in [0, 0.05) is 25.2 Å².